The van der Waals surface area contributed by atoms with Crippen molar-refractivity contribution in [2.45, 2.75) is 39.0 Å². The van der Waals surface area contributed by atoms with Gasteiger partial charge in [0, 0.05) is 55.9 Å². The number of benzene rings is 2. The Morgan fingerprint density at radius 1 is 1.04 bits per heavy atom. The van der Waals surface area contributed by atoms with Crippen molar-refractivity contribution < 1.29 is 37.0 Å². The van der Waals surface area contributed by atoms with Gasteiger partial charge < -0.3 is 34.6 Å². The number of nitrogens with one attached hydrogen (secondary N) is 2. The molecule has 0 atom stereocenters. The van der Waals surface area contributed by atoms with Gasteiger partial charge in [0.1, 0.15) is 22.7 Å². The highest BCUT2D eigenvalue weighted by Gasteiger charge is 2.36. The van der Waals surface area contributed by atoms with Gasteiger partial charge in [0.05, 0.1) is 12.8 Å². The van der Waals surface area contributed by atoms with E-state index >= 15 is 0 Å². The van der Waals surface area contributed by atoms with Crippen LogP contribution in [0.4, 0.5) is 41.0 Å². The molecule has 2 amide bonds. The Bertz CT molecular complexity index is 1540. The second-order valence-electron chi connectivity index (χ2n) is 11.1. The van der Waals surface area contributed by atoms with E-state index in [1.165, 1.54) is 25.3 Å². The van der Waals surface area contributed by atoms with Crippen LogP contribution in [0.3, 0.4) is 0 Å². The van der Waals surface area contributed by atoms with Crippen molar-refractivity contribution in [3.63, 3.8) is 0 Å². The molecule has 1 aliphatic rings. The summed E-state index contributed by atoms with van der Waals surface area (Å²) in [7, 11) is 1.47. The average Bonchev–Trinajstić information content (AvgIpc) is 3.23. The third-order valence-electron chi connectivity index (χ3n) is 6.51. The second-order valence-corrected chi connectivity index (χ2v) is 11.1. The first-order chi connectivity index (χ1) is 21.3. The van der Waals surface area contributed by atoms with E-state index in [-0.39, 0.29) is 17.8 Å². The van der Waals surface area contributed by atoms with Gasteiger partial charge in [0.2, 0.25) is 17.7 Å². The summed E-state index contributed by atoms with van der Waals surface area (Å²) in [5.74, 6) is -0.978. The van der Waals surface area contributed by atoms with Crippen LogP contribution in [-0.2, 0) is 15.7 Å². The summed E-state index contributed by atoms with van der Waals surface area (Å²) < 4.78 is 58.1. The summed E-state index contributed by atoms with van der Waals surface area (Å²) in [4.78, 5) is 35.8. The highest BCUT2D eigenvalue weighted by Crippen LogP contribution is 2.38. The first kappa shape index (κ1) is 32.9. The van der Waals surface area contributed by atoms with Gasteiger partial charge in [0.25, 0.3) is 0 Å². The Balaban J connectivity index is 1.53. The number of amides is 2. The van der Waals surface area contributed by atoms with Gasteiger partial charge in [0.15, 0.2) is 0 Å². The molecular formula is C31H35F3N6O5. The van der Waals surface area contributed by atoms with Crippen LogP contribution >= 0.6 is 0 Å². The van der Waals surface area contributed by atoms with E-state index in [2.05, 4.69) is 32.1 Å². The number of carbonyl (C=O) groups is 2. The Labute approximate surface area is 259 Å². The molecule has 0 unspecified atom stereocenters. The number of nitrogens with zero attached hydrogens (tertiary/aromatic N) is 4. The second kappa shape index (κ2) is 13.7. The molecule has 2 heterocycles. The highest BCUT2D eigenvalue weighted by atomic mass is 19.4. The number of methoxy groups -OCH3 is 1. The van der Waals surface area contributed by atoms with Gasteiger partial charge >= 0.3 is 12.3 Å². The molecule has 2 N–H and O–H groups in total. The van der Waals surface area contributed by atoms with E-state index in [4.69, 9.17) is 14.2 Å². The summed E-state index contributed by atoms with van der Waals surface area (Å²) in [6.07, 6.45) is -2.73. The van der Waals surface area contributed by atoms with Gasteiger partial charge in [-0.25, -0.2) is 9.78 Å². The maximum Gasteiger partial charge on any atom is 0.423 e. The molecule has 0 saturated carbocycles. The predicted octanol–water partition coefficient (Wildman–Crippen LogP) is 6.61. The molecule has 0 spiro atoms. The monoisotopic (exact) mass is 628 g/mol. The topological polar surface area (TPSA) is 118 Å². The quantitative estimate of drug-likeness (QED) is 0.266. The van der Waals surface area contributed by atoms with Crippen LogP contribution in [0.2, 0.25) is 0 Å². The molecule has 4 rings (SSSR count). The molecule has 1 saturated heterocycles. The van der Waals surface area contributed by atoms with Gasteiger partial charge in [-0.15, -0.1) is 0 Å². The molecule has 0 aliphatic carbocycles. The standard InChI is InChI=1S/C31H35F3N6O5/c1-6-26(41)36-20-9-7-10-22(17-20)44-27-23(31(32,33)34)19-35-28(38-27)37-24-12-11-21(18-25(24)43-5)39-13-8-14-40(16-15-39)29(42)45-30(2,3)4/h6-7,9-12,17-19H,1,8,13-16H2,2-5H3,(H,36,41)(H,35,37,38). The smallest absolute Gasteiger partial charge is 0.423 e. The fraction of sp³-hybridized carbons (Fsp3) is 0.355. The molecule has 11 nitrogen and oxygen atoms in total. The van der Waals surface area contributed by atoms with Crippen LogP contribution in [-0.4, -0.2) is 65.8 Å². The van der Waals surface area contributed by atoms with Crippen LogP contribution in [0, 0.1) is 0 Å². The lowest BCUT2D eigenvalue weighted by atomic mass is 10.2. The van der Waals surface area contributed by atoms with E-state index < -0.39 is 29.1 Å². The Kier molecular flexibility index (Phi) is 10.0. The molecule has 0 bridgehead atoms. The summed E-state index contributed by atoms with van der Waals surface area (Å²) in [6, 6.07) is 11.2. The van der Waals surface area contributed by atoms with Crippen molar-refractivity contribution in [1.82, 2.24) is 14.9 Å². The zero-order chi connectivity index (χ0) is 32.8. The molecule has 14 heteroatoms. The van der Waals surface area contributed by atoms with Crippen molar-refractivity contribution in [3.8, 4) is 17.4 Å². The number of hydrogen-bond donors (Lipinski definition) is 2. The Morgan fingerprint density at radius 3 is 2.51 bits per heavy atom. The maximum atomic E-state index is 13.8. The fourth-order valence-electron chi connectivity index (χ4n) is 4.43. The first-order valence-electron chi connectivity index (χ1n) is 14.1. The lowest BCUT2D eigenvalue weighted by Crippen LogP contribution is -2.39. The minimum atomic E-state index is -4.80. The molecule has 240 valence electrons. The number of halogens is 3. The minimum Gasteiger partial charge on any atom is -0.494 e. The summed E-state index contributed by atoms with van der Waals surface area (Å²) in [6.45, 7) is 11.1. The lowest BCUT2D eigenvalue weighted by molar-refractivity contribution is -0.139. The predicted molar refractivity (Wildman–Crippen MR) is 163 cm³/mol. The number of ether oxygens (including phenoxy) is 3. The summed E-state index contributed by atoms with van der Waals surface area (Å²) in [5, 5.41) is 5.43. The van der Waals surface area contributed by atoms with Crippen LogP contribution < -0.4 is 25.0 Å². The van der Waals surface area contributed by atoms with Gasteiger partial charge in [-0.2, -0.15) is 18.2 Å². The average molecular weight is 629 g/mol. The Morgan fingerprint density at radius 2 is 1.82 bits per heavy atom. The number of rotatable bonds is 8. The largest absolute Gasteiger partial charge is 0.494 e. The van der Waals surface area contributed by atoms with E-state index in [1.54, 1.807) is 23.1 Å². The van der Waals surface area contributed by atoms with Crippen LogP contribution in [0.1, 0.15) is 32.8 Å². The molecule has 1 aliphatic heterocycles. The zero-order valence-electron chi connectivity index (χ0n) is 25.4. The number of anilines is 4. The summed E-state index contributed by atoms with van der Waals surface area (Å²) in [5.41, 5.74) is -0.225. The van der Waals surface area contributed by atoms with Gasteiger partial charge in [-0.1, -0.05) is 12.6 Å². The number of alkyl halides is 3. The van der Waals surface area contributed by atoms with E-state index in [1.807, 2.05) is 26.8 Å². The fourth-order valence-corrected chi connectivity index (χ4v) is 4.43. The molecule has 1 aromatic heterocycles. The van der Waals surface area contributed by atoms with Crippen LogP contribution in [0.15, 0.2) is 61.3 Å². The zero-order valence-corrected chi connectivity index (χ0v) is 25.4. The molecule has 0 radical (unpaired) electrons. The van der Waals surface area contributed by atoms with Crippen LogP contribution in [0.5, 0.6) is 17.4 Å². The third-order valence-corrected chi connectivity index (χ3v) is 6.51. The Hall–Kier alpha value is -5.01. The van der Waals surface area contributed by atoms with Gasteiger partial charge in [-0.05, 0) is 57.5 Å². The van der Waals surface area contributed by atoms with E-state index in [9.17, 15) is 22.8 Å². The molecule has 2 aromatic carbocycles. The molecule has 3 aromatic rings. The van der Waals surface area contributed by atoms with Crippen LogP contribution in [0.25, 0.3) is 0 Å². The number of aromatic nitrogens is 2. The van der Waals surface area contributed by atoms with Crippen molar-refractivity contribution in [2.75, 3.05) is 48.8 Å². The SMILES string of the molecule is C=CC(=O)Nc1cccc(Oc2nc(Nc3ccc(N4CCCN(C(=O)OC(C)(C)C)CC4)cc3OC)ncc2C(F)(F)F)c1. The minimum absolute atomic E-state index is 0.0108. The van der Waals surface area contributed by atoms with Crippen molar-refractivity contribution >= 4 is 35.0 Å². The normalized spacial score (nSPS) is 13.8. The van der Waals surface area contributed by atoms with Crippen molar-refractivity contribution in [1.29, 1.82) is 0 Å². The molecule has 1 fully saturated rings. The molecule has 45 heavy (non-hydrogen) atoms. The highest BCUT2D eigenvalue weighted by molar-refractivity contribution is 5.98. The van der Waals surface area contributed by atoms with Crippen molar-refractivity contribution in [2.24, 2.45) is 0 Å². The molecular weight excluding hydrogens is 593 g/mol. The number of carbonyl (C=O) groups excluding carboxylic acids is 2. The van der Waals surface area contributed by atoms with E-state index in [0.717, 1.165) is 18.2 Å². The van der Waals surface area contributed by atoms with Crippen molar-refractivity contribution in [3.05, 3.63) is 66.9 Å². The summed E-state index contributed by atoms with van der Waals surface area (Å²) >= 11 is 0. The van der Waals surface area contributed by atoms with Gasteiger partial charge in [-0.3, -0.25) is 4.79 Å². The first-order valence-corrected chi connectivity index (χ1v) is 14.1. The maximum absolute atomic E-state index is 13.8. The lowest BCUT2D eigenvalue weighted by Gasteiger charge is -2.27. The number of hydrogen-bond acceptors (Lipinski definition) is 9. The van der Waals surface area contributed by atoms with E-state index in [0.29, 0.717) is 49.5 Å². The third kappa shape index (κ3) is 9.00.